The summed E-state index contributed by atoms with van der Waals surface area (Å²) < 4.78 is 1.51. The highest BCUT2D eigenvalue weighted by atomic mass is 35.5. The summed E-state index contributed by atoms with van der Waals surface area (Å²) in [6.45, 7) is 2.40. The molecule has 106 valence electrons. The Bertz CT molecular complexity index is 706. The average molecular weight is 294 g/mol. The number of halogens is 1. The van der Waals surface area contributed by atoms with Crippen LogP contribution in [0.25, 0.3) is 11.1 Å². The third-order valence-electron chi connectivity index (χ3n) is 3.00. The molecule has 0 atom stereocenters. The number of hydrogen-bond acceptors (Lipinski definition) is 3. The van der Waals surface area contributed by atoms with Crippen LogP contribution in [0.1, 0.15) is 18.5 Å². The third kappa shape index (κ3) is 3.36. The smallest absolute Gasteiger partial charge is 0.300 e. The molecule has 0 radical (unpaired) electrons. The van der Waals surface area contributed by atoms with Gasteiger partial charge in [-0.3, -0.25) is 19.3 Å². The van der Waals surface area contributed by atoms with Crippen molar-refractivity contribution in [2.45, 2.75) is 26.3 Å². The summed E-state index contributed by atoms with van der Waals surface area (Å²) in [5.41, 5.74) is 1.28. The molecule has 0 saturated heterocycles. The van der Waals surface area contributed by atoms with Gasteiger partial charge in [-0.25, -0.2) is 4.79 Å². The number of aromatic nitrogens is 3. The number of nitrogens with zero attached hydrogens (tertiary/aromatic N) is 2. The van der Waals surface area contributed by atoms with Gasteiger partial charge in [0.05, 0.1) is 5.56 Å². The molecule has 0 aliphatic heterocycles. The molecule has 1 N–H and O–H groups in total. The van der Waals surface area contributed by atoms with Crippen molar-refractivity contribution >= 4 is 11.6 Å². The van der Waals surface area contributed by atoms with E-state index in [0.29, 0.717) is 18.0 Å². The van der Waals surface area contributed by atoms with Crippen LogP contribution in [0, 0.1) is 6.92 Å². The number of aryl methyl sites for hydroxylation is 2. The first-order valence-corrected chi connectivity index (χ1v) is 6.98. The molecule has 20 heavy (non-hydrogen) atoms. The molecule has 0 aliphatic carbocycles. The standard InChI is InChI=1S/C14H16ClN3O2/c1-10-8-11(4-6-16-10)12-9-18(7-3-2-5-15)14(20)17-13(12)19/h4,6,8-9H,2-3,5,7H2,1H3,(H,17,19,20). The van der Waals surface area contributed by atoms with Crippen molar-refractivity contribution < 1.29 is 0 Å². The first-order chi connectivity index (χ1) is 9.61. The first-order valence-electron chi connectivity index (χ1n) is 6.44. The Hall–Kier alpha value is -1.88. The summed E-state index contributed by atoms with van der Waals surface area (Å²) in [4.78, 5) is 30.1. The van der Waals surface area contributed by atoms with Crippen LogP contribution in [-0.2, 0) is 6.54 Å². The van der Waals surface area contributed by atoms with Crippen molar-refractivity contribution in [2.75, 3.05) is 5.88 Å². The van der Waals surface area contributed by atoms with Gasteiger partial charge >= 0.3 is 5.69 Å². The number of nitrogens with one attached hydrogen (secondary N) is 1. The predicted octanol–water partition coefficient (Wildman–Crippen LogP) is 1.93. The van der Waals surface area contributed by atoms with Gasteiger partial charge in [0.2, 0.25) is 0 Å². The number of alkyl halides is 1. The maximum Gasteiger partial charge on any atom is 0.328 e. The fourth-order valence-electron chi connectivity index (χ4n) is 1.97. The van der Waals surface area contributed by atoms with E-state index in [0.717, 1.165) is 24.1 Å². The van der Waals surface area contributed by atoms with Crippen LogP contribution >= 0.6 is 11.6 Å². The summed E-state index contributed by atoms with van der Waals surface area (Å²) in [6, 6.07) is 3.57. The van der Waals surface area contributed by atoms with E-state index in [1.165, 1.54) is 4.57 Å². The van der Waals surface area contributed by atoms with Crippen LogP contribution < -0.4 is 11.2 Å². The SMILES string of the molecule is Cc1cc(-c2cn(CCCCCl)c(=O)[nH]c2=O)ccn1. The molecule has 2 heterocycles. The van der Waals surface area contributed by atoms with E-state index in [4.69, 9.17) is 11.6 Å². The van der Waals surface area contributed by atoms with Crippen molar-refractivity contribution in [1.82, 2.24) is 14.5 Å². The highest BCUT2D eigenvalue weighted by Gasteiger charge is 2.07. The molecular weight excluding hydrogens is 278 g/mol. The molecule has 0 aromatic carbocycles. The van der Waals surface area contributed by atoms with E-state index in [9.17, 15) is 9.59 Å². The van der Waals surface area contributed by atoms with E-state index < -0.39 is 0 Å². The summed E-state index contributed by atoms with van der Waals surface area (Å²) >= 11 is 5.63. The van der Waals surface area contributed by atoms with Crippen LogP contribution in [0.5, 0.6) is 0 Å². The van der Waals surface area contributed by atoms with E-state index in [1.54, 1.807) is 18.5 Å². The van der Waals surface area contributed by atoms with Crippen molar-refractivity contribution in [3.63, 3.8) is 0 Å². The number of rotatable bonds is 5. The minimum absolute atomic E-state index is 0.380. The van der Waals surface area contributed by atoms with Gasteiger partial charge < -0.3 is 0 Å². The normalized spacial score (nSPS) is 10.7. The Morgan fingerprint density at radius 3 is 2.85 bits per heavy atom. The fourth-order valence-corrected chi connectivity index (χ4v) is 2.16. The van der Waals surface area contributed by atoms with Crippen molar-refractivity contribution in [1.29, 1.82) is 0 Å². The van der Waals surface area contributed by atoms with Gasteiger partial charge in [-0.1, -0.05) is 0 Å². The average Bonchev–Trinajstić information content (AvgIpc) is 2.41. The lowest BCUT2D eigenvalue weighted by Gasteiger charge is -2.07. The Morgan fingerprint density at radius 1 is 1.35 bits per heavy atom. The van der Waals surface area contributed by atoms with Gasteiger partial charge in [0, 0.05) is 30.5 Å². The monoisotopic (exact) mass is 293 g/mol. The lowest BCUT2D eigenvalue weighted by Crippen LogP contribution is -2.30. The molecular formula is C14H16ClN3O2. The highest BCUT2D eigenvalue weighted by Crippen LogP contribution is 2.14. The largest absolute Gasteiger partial charge is 0.328 e. The predicted molar refractivity (Wildman–Crippen MR) is 79.2 cm³/mol. The van der Waals surface area contributed by atoms with E-state index >= 15 is 0 Å². The van der Waals surface area contributed by atoms with Crippen LogP contribution in [0.2, 0.25) is 0 Å². The third-order valence-corrected chi connectivity index (χ3v) is 3.27. The Morgan fingerprint density at radius 2 is 2.15 bits per heavy atom. The second kappa shape index (κ2) is 6.52. The van der Waals surface area contributed by atoms with Crippen LogP contribution in [0.3, 0.4) is 0 Å². The second-order valence-electron chi connectivity index (χ2n) is 4.58. The lowest BCUT2D eigenvalue weighted by atomic mass is 10.1. The zero-order valence-corrected chi connectivity index (χ0v) is 12.0. The Kier molecular flexibility index (Phi) is 4.74. The lowest BCUT2D eigenvalue weighted by molar-refractivity contribution is 0.599. The minimum atomic E-state index is -0.390. The molecule has 0 aliphatic rings. The molecule has 0 spiro atoms. The molecule has 0 unspecified atom stereocenters. The Balaban J connectivity index is 2.41. The number of aromatic amines is 1. The van der Waals surface area contributed by atoms with E-state index in [1.807, 2.05) is 13.0 Å². The van der Waals surface area contributed by atoms with Crippen LogP contribution in [0.4, 0.5) is 0 Å². The van der Waals surface area contributed by atoms with Crippen LogP contribution in [-0.4, -0.2) is 20.4 Å². The number of hydrogen-bond donors (Lipinski definition) is 1. The molecule has 6 heteroatoms. The molecule has 0 fully saturated rings. The first kappa shape index (κ1) is 14.5. The summed E-state index contributed by atoms with van der Waals surface area (Å²) in [6.07, 6.45) is 4.87. The maximum atomic E-state index is 11.9. The molecule has 2 aromatic rings. The van der Waals surface area contributed by atoms with E-state index in [2.05, 4.69) is 9.97 Å². The molecule has 5 nitrogen and oxygen atoms in total. The zero-order chi connectivity index (χ0) is 14.5. The quantitative estimate of drug-likeness (QED) is 0.676. The van der Waals surface area contributed by atoms with Crippen molar-refractivity contribution in [2.24, 2.45) is 0 Å². The summed E-state index contributed by atoms with van der Waals surface area (Å²) in [5, 5.41) is 0. The molecule has 0 amide bonds. The van der Waals surface area contributed by atoms with Crippen molar-refractivity contribution in [3.05, 3.63) is 51.1 Å². The molecule has 2 aromatic heterocycles. The van der Waals surface area contributed by atoms with Gasteiger partial charge in [-0.15, -0.1) is 11.6 Å². The van der Waals surface area contributed by atoms with Gasteiger partial charge in [0.25, 0.3) is 5.56 Å². The zero-order valence-electron chi connectivity index (χ0n) is 11.2. The highest BCUT2D eigenvalue weighted by molar-refractivity contribution is 6.17. The summed E-state index contributed by atoms with van der Waals surface area (Å²) in [5.74, 6) is 0.564. The summed E-state index contributed by atoms with van der Waals surface area (Å²) in [7, 11) is 0. The van der Waals surface area contributed by atoms with Crippen molar-refractivity contribution in [3.8, 4) is 11.1 Å². The number of pyridine rings is 1. The molecule has 0 saturated carbocycles. The molecule has 0 bridgehead atoms. The van der Waals surface area contributed by atoms with Crippen LogP contribution in [0.15, 0.2) is 34.1 Å². The second-order valence-corrected chi connectivity index (χ2v) is 4.96. The maximum absolute atomic E-state index is 11.9. The minimum Gasteiger partial charge on any atom is -0.300 e. The van der Waals surface area contributed by atoms with Gasteiger partial charge in [-0.2, -0.15) is 0 Å². The van der Waals surface area contributed by atoms with Gasteiger partial charge in [-0.05, 0) is 37.5 Å². The van der Waals surface area contributed by atoms with Gasteiger partial charge in [0.15, 0.2) is 0 Å². The van der Waals surface area contributed by atoms with E-state index in [-0.39, 0.29) is 11.2 Å². The fraction of sp³-hybridized carbons (Fsp3) is 0.357. The molecule has 2 rings (SSSR count). The number of H-pyrrole nitrogens is 1. The number of unbranched alkanes of at least 4 members (excludes halogenated alkanes) is 1. The topological polar surface area (TPSA) is 67.8 Å². The Labute approximate surface area is 121 Å². The van der Waals surface area contributed by atoms with Gasteiger partial charge in [0.1, 0.15) is 0 Å².